The summed E-state index contributed by atoms with van der Waals surface area (Å²) in [6.07, 6.45) is 2.51. The average molecular weight is 316 g/mol. The Hall–Kier alpha value is -1.75. The van der Waals surface area contributed by atoms with Crippen LogP contribution in [0.5, 0.6) is 0 Å². The fourth-order valence-electron chi connectivity index (χ4n) is 2.71. The Balaban J connectivity index is 2.04. The van der Waals surface area contributed by atoms with Crippen molar-refractivity contribution in [2.45, 2.75) is 42.8 Å². The van der Waals surface area contributed by atoms with E-state index in [2.05, 4.69) is 4.98 Å². The molecular weight excluding hydrogens is 296 g/mol. The Labute approximate surface area is 133 Å². The van der Waals surface area contributed by atoms with E-state index in [1.807, 2.05) is 43.8 Å². The van der Waals surface area contributed by atoms with Crippen LogP contribution >= 0.6 is 11.8 Å². The number of aromatic nitrogens is 1. The molecule has 1 saturated carbocycles. The smallest absolute Gasteiger partial charge is 0.226 e. The number of thioether (sulfide) groups is 1. The zero-order chi connectivity index (χ0) is 15.9. The quantitative estimate of drug-likeness (QED) is 0.890. The second-order valence-corrected chi connectivity index (χ2v) is 7.61. The Bertz CT molecular complexity index is 778. The molecule has 1 fully saturated rings. The molecule has 1 aromatic heterocycles. The minimum Gasteiger partial charge on any atom is -0.369 e. The molecule has 1 heterocycles. The van der Waals surface area contributed by atoms with Crippen molar-refractivity contribution in [2.75, 3.05) is 0 Å². The highest BCUT2D eigenvalue weighted by Crippen LogP contribution is 2.39. The molecule has 116 valence electrons. The third-order valence-corrected chi connectivity index (χ3v) is 5.29. The highest BCUT2D eigenvalue weighted by molar-refractivity contribution is 8.00. The number of carbonyl (C=O) groups is 1. The predicted octanol–water partition coefficient (Wildman–Crippen LogP) is 3.01. The summed E-state index contributed by atoms with van der Waals surface area (Å²) in [5.74, 6) is -0.848. The fourth-order valence-corrected chi connectivity index (χ4v) is 3.80. The van der Waals surface area contributed by atoms with E-state index in [0.29, 0.717) is 16.3 Å². The molecule has 1 aliphatic carbocycles. The maximum Gasteiger partial charge on any atom is 0.226 e. The second kappa shape index (κ2) is 5.80. The van der Waals surface area contributed by atoms with Crippen molar-refractivity contribution in [3.05, 3.63) is 40.2 Å². The Kier molecular flexibility index (Phi) is 4.00. The van der Waals surface area contributed by atoms with Gasteiger partial charge in [0.2, 0.25) is 5.91 Å². The molecule has 3 rings (SSSR count). The summed E-state index contributed by atoms with van der Waals surface area (Å²) >= 11 is 1.83. The third-order valence-electron chi connectivity index (χ3n) is 3.96. The maximum absolute atomic E-state index is 12.4. The molecule has 1 aliphatic rings. The lowest BCUT2D eigenvalue weighted by Crippen LogP contribution is -2.27. The first-order valence-electron chi connectivity index (χ1n) is 7.58. The SMILES string of the molecule is CC(C)[C@H](C(N)=O)c1cc(=O)c2cc(SC3CC3)ccc2[nH]1. The number of fused-ring (bicyclic) bond motifs is 1. The number of pyridine rings is 1. The van der Waals surface area contributed by atoms with Crippen LogP contribution in [-0.4, -0.2) is 16.1 Å². The monoisotopic (exact) mass is 316 g/mol. The van der Waals surface area contributed by atoms with Crippen LogP contribution in [-0.2, 0) is 4.79 Å². The van der Waals surface area contributed by atoms with E-state index in [1.165, 1.54) is 18.9 Å². The Morgan fingerprint density at radius 3 is 2.64 bits per heavy atom. The van der Waals surface area contributed by atoms with Crippen LogP contribution in [0, 0.1) is 5.92 Å². The normalized spacial score (nSPS) is 16.1. The Morgan fingerprint density at radius 1 is 1.32 bits per heavy atom. The first-order chi connectivity index (χ1) is 10.5. The van der Waals surface area contributed by atoms with Crippen LogP contribution in [0.15, 0.2) is 34.0 Å². The summed E-state index contributed by atoms with van der Waals surface area (Å²) in [7, 11) is 0. The molecule has 22 heavy (non-hydrogen) atoms. The van der Waals surface area contributed by atoms with Crippen molar-refractivity contribution in [1.82, 2.24) is 4.98 Å². The zero-order valence-electron chi connectivity index (χ0n) is 12.8. The lowest BCUT2D eigenvalue weighted by molar-refractivity contribution is -0.120. The number of rotatable bonds is 5. The van der Waals surface area contributed by atoms with Crippen LogP contribution in [0.25, 0.3) is 10.9 Å². The molecule has 5 heteroatoms. The van der Waals surface area contributed by atoms with Crippen molar-refractivity contribution < 1.29 is 4.79 Å². The summed E-state index contributed by atoms with van der Waals surface area (Å²) in [6.45, 7) is 3.85. The number of nitrogens with one attached hydrogen (secondary N) is 1. The molecule has 4 nitrogen and oxygen atoms in total. The topological polar surface area (TPSA) is 76.0 Å². The Morgan fingerprint density at radius 2 is 2.05 bits per heavy atom. The summed E-state index contributed by atoms with van der Waals surface area (Å²) in [6, 6.07) is 7.40. The number of benzene rings is 1. The van der Waals surface area contributed by atoms with Crippen LogP contribution in [0.1, 0.15) is 38.3 Å². The van der Waals surface area contributed by atoms with Crippen molar-refractivity contribution in [2.24, 2.45) is 11.7 Å². The molecule has 1 amide bonds. The molecule has 2 aromatic rings. The van der Waals surface area contributed by atoms with Crippen molar-refractivity contribution in [3.8, 4) is 0 Å². The average Bonchev–Trinajstić information content (AvgIpc) is 3.22. The number of hydrogen-bond donors (Lipinski definition) is 2. The van der Waals surface area contributed by atoms with Crippen molar-refractivity contribution in [3.63, 3.8) is 0 Å². The standard InChI is InChI=1S/C17H20N2O2S/c1-9(2)16(17(18)21)14-8-15(20)12-7-11(22-10-3-4-10)5-6-13(12)19-14/h5-10,16H,3-4H2,1-2H3,(H2,18,21)(H,19,20)/t16-/m0/s1. The van der Waals surface area contributed by atoms with Crippen molar-refractivity contribution >= 4 is 28.6 Å². The molecule has 0 unspecified atom stereocenters. The van der Waals surface area contributed by atoms with Gasteiger partial charge in [0.1, 0.15) is 0 Å². The first kappa shape index (κ1) is 15.2. The molecule has 0 bridgehead atoms. The first-order valence-corrected chi connectivity index (χ1v) is 8.46. The fraction of sp³-hybridized carbons (Fsp3) is 0.412. The number of carbonyl (C=O) groups excluding carboxylic acids is 1. The molecule has 3 N–H and O–H groups in total. The highest BCUT2D eigenvalue weighted by Gasteiger charge is 2.24. The summed E-state index contributed by atoms with van der Waals surface area (Å²) in [5, 5.41) is 1.37. The lowest BCUT2D eigenvalue weighted by Gasteiger charge is -2.18. The molecule has 1 atom stereocenters. The lowest BCUT2D eigenvalue weighted by atomic mass is 9.91. The number of amides is 1. The number of primary amides is 1. The van der Waals surface area contributed by atoms with Gasteiger partial charge in [0.05, 0.1) is 5.92 Å². The minimum absolute atomic E-state index is 0.0373. The maximum atomic E-state index is 12.4. The summed E-state index contributed by atoms with van der Waals surface area (Å²) in [4.78, 5) is 28.4. The number of hydrogen-bond acceptors (Lipinski definition) is 3. The second-order valence-electron chi connectivity index (χ2n) is 6.24. The van der Waals surface area contributed by atoms with Gasteiger partial charge in [0, 0.05) is 32.8 Å². The van der Waals surface area contributed by atoms with Crippen molar-refractivity contribution in [1.29, 1.82) is 0 Å². The summed E-state index contributed by atoms with van der Waals surface area (Å²) in [5.41, 5.74) is 6.78. The van der Waals surface area contributed by atoms with Gasteiger partial charge in [-0.1, -0.05) is 13.8 Å². The molecule has 0 aliphatic heterocycles. The molecule has 1 aromatic carbocycles. The van der Waals surface area contributed by atoms with Gasteiger partial charge < -0.3 is 10.7 Å². The van der Waals surface area contributed by atoms with Gasteiger partial charge in [-0.25, -0.2) is 0 Å². The van der Waals surface area contributed by atoms with E-state index in [4.69, 9.17) is 5.73 Å². The van der Waals surface area contributed by atoms with Crippen LogP contribution < -0.4 is 11.2 Å². The largest absolute Gasteiger partial charge is 0.369 e. The van der Waals surface area contributed by atoms with Gasteiger partial charge in [-0.2, -0.15) is 0 Å². The van der Waals surface area contributed by atoms with E-state index in [-0.39, 0.29) is 11.3 Å². The van der Waals surface area contributed by atoms with Gasteiger partial charge in [-0.3, -0.25) is 9.59 Å². The summed E-state index contributed by atoms with van der Waals surface area (Å²) < 4.78 is 0. The molecule has 0 radical (unpaired) electrons. The third kappa shape index (κ3) is 3.04. The van der Waals surface area contributed by atoms with E-state index >= 15 is 0 Å². The zero-order valence-corrected chi connectivity index (χ0v) is 13.6. The van der Waals surface area contributed by atoms with Gasteiger partial charge in [-0.05, 0) is 37.0 Å². The van der Waals surface area contributed by atoms with Gasteiger partial charge in [0.15, 0.2) is 5.43 Å². The van der Waals surface area contributed by atoms with Crippen LogP contribution in [0.4, 0.5) is 0 Å². The van der Waals surface area contributed by atoms with Gasteiger partial charge >= 0.3 is 0 Å². The van der Waals surface area contributed by atoms with E-state index in [1.54, 1.807) is 0 Å². The van der Waals surface area contributed by atoms with E-state index in [0.717, 1.165) is 10.4 Å². The molecular formula is C17H20N2O2S. The van der Waals surface area contributed by atoms with Gasteiger partial charge in [0.25, 0.3) is 0 Å². The molecule has 0 saturated heterocycles. The van der Waals surface area contributed by atoms with Crippen LogP contribution in [0.3, 0.4) is 0 Å². The number of nitrogens with two attached hydrogens (primary N) is 1. The minimum atomic E-state index is -0.474. The molecule has 0 spiro atoms. The predicted molar refractivity (Wildman–Crippen MR) is 90.2 cm³/mol. The van der Waals surface area contributed by atoms with Crippen LogP contribution in [0.2, 0.25) is 0 Å². The highest BCUT2D eigenvalue weighted by atomic mass is 32.2. The number of aromatic amines is 1. The van der Waals surface area contributed by atoms with Gasteiger partial charge in [-0.15, -0.1) is 11.8 Å². The van der Waals surface area contributed by atoms with E-state index in [9.17, 15) is 9.59 Å². The van der Waals surface area contributed by atoms with E-state index < -0.39 is 11.8 Å². The number of H-pyrrole nitrogens is 1.